The van der Waals surface area contributed by atoms with Gasteiger partial charge < -0.3 is 14.8 Å². The molecule has 0 radical (unpaired) electrons. The maximum Gasteiger partial charge on any atom is 0.262 e. The first-order chi connectivity index (χ1) is 15.7. The van der Waals surface area contributed by atoms with Crippen molar-refractivity contribution in [3.05, 3.63) is 64.9 Å². The summed E-state index contributed by atoms with van der Waals surface area (Å²) < 4.78 is 40.9. The molecule has 0 bridgehead atoms. The predicted molar refractivity (Wildman–Crippen MR) is 126 cm³/mol. The molecule has 1 aromatic heterocycles. The number of amides is 1. The molecular weight excluding hydrogens is 468 g/mol. The van der Waals surface area contributed by atoms with Gasteiger partial charge in [-0.3, -0.25) is 14.2 Å². The normalized spacial score (nSPS) is 11.2. The number of aryl methyl sites for hydroxylation is 2. The van der Waals surface area contributed by atoms with Crippen molar-refractivity contribution in [1.82, 2.24) is 15.1 Å². The molecule has 0 saturated heterocycles. The predicted octanol–water partition coefficient (Wildman–Crippen LogP) is 3.48. The molecule has 1 heterocycles. The van der Waals surface area contributed by atoms with Crippen molar-refractivity contribution in [3.8, 4) is 11.5 Å². The number of carbonyl (C=O) groups is 1. The highest BCUT2D eigenvalue weighted by Gasteiger charge is 2.22. The molecular formula is C22H25ClN4O5S. The third kappa shape index (κ3) is 5.96. The molecule has 1 amide bonds. The highest BCUT2D eigenvalue weighted by molar-refractivity contribution is 7.92. The number of hydrogen-bond acceptors (Lipinski definition) is 6. The summed E-state index contributed by atoms with van der Waals surface area (Å²) in [5, 5.41) is 7.13. The summed E-state index contributed by atoms with van der Waals surface area (Å²) >= 11 is 6.15. The molecule has 176 valence electrons. The lowest BCUT2D eigenvalue weighted by molar-refractivity contribution is 0.0952. The summed E-state index contributed by atoms with van der Waals surface area (Å²) in [5.41, 5.74) is 0.868. The molecule has 9 nitrogen and oxygen atoms in total. The summed E-state index contributed by atoms with van der Waals surface area (Å²) in [7, 11) is -1.19. The van der Waals surface area contributed by atoms with Gasteiger partial charge in [-0.15, -0.1) is 0 Å². The Labute approximate surface area is 197 Å². The van der Waals surface area contributed by atoms with Crippen molar-refractivity contribution in [3.63, 3.8) is 0 Å². The van der Waals surface area contributed by atoms with Crippen LogP contribution in [0.2, 0.25) is 5.02 Å². The lowest BCUT2D eigenvalue weighted by Crippen LogP contribution is -2.26. The van der Waals surface area contributed by atoms with Crippen LogP contribution in [0.3, 0.4) is 0 Å². The maximum atomic E-state index is 13.1. The molecule has 0 unspecified atom stereocenters. The maximum absolute atomic E-state index is 13.1. The first-order valence-electron chi connectivity index (χ1n) is 10.1. The van der Waals surface area contributed by atoms with Gasteiger partial charge in [0.25, 0.3) is 15.9 Å². The van der Waals surface area contributed by atoms with Gasteiger partial charge in [0.05, 0.1) is 29.8 Å². The first-order valence-corrected chi connectivity index (χ1v) is 11.9. The van der Waals surface area contributed by atoms with Gasteiger partial charge in [0.2, 0.25) is 0 Å². The smallest absolute Gasteiger partial charge is 0.262 e. The summed E-state index contributed by atoms with van der Waals surface area (Å²) in [5.74, 6) is 0.222. The van der Waals surface area contributed by atoms with Gasteiger partial charge in [0.15, 0.2) is 0 Å². The number of ether oxygens (including phenoxy) is 2. The van der Waals surface area contributed by atoms with Crippen LogP contribution in [0.4, 0.5) is 5.69 Å². The molecule has 11 heteroatoms. The molecule has 0 aliphatic carbocycles. The van der Waals surface area contributed by atoms with Gasteiger partial charge in [-0.1, -0.05) is 17.7 Å². The Morgan fingerprint density at radius 1 is 1.15 bits per heavy atom. The van der Waals surface area contributed by atoms with E-state index in [-0.39, 0.29) is 32.8 Å². The van der Waals surface area contributed by atoms with Crippen molar-refractivity contribution >= 4 is 33.2 Å². The molecule has 0 fully saturated rings. The number of methoxy groups -OCH3 is 2. The Morgan fingerprint density at radius 2 is 1.91 bits per heavy atom. The van der Waals surface area contributed by atoms with Gasteiger partial charge in [-0.2, -0.15) is 5.10 Å². The van der Waals surface area contributed by atoms with Gasteiger partial charge in [0, 0.05) is 37.1 Å². The molecule has 33 heavy (non-hydrogen) atoms. The first kappa shape index (κ1) is 24.4. The second kappa shape index (κ2) is 10.6. The molecule has 3 aromatic rings. The van der Waals surface area contributed by atoms with Crippen LogP contribution in [0.25, 0.3) is 0 Å². The largest absolute Gasteiger partial charge is 0.495 e. The van der Waals surface area contributed by atoms with Gasteiger partial charge in [-0.25, -0.2) is 8.42 Å². The van der Waals surface area contributed by atoms with Crippen LogP contribution in [-0.2, 0) is 16.6 Å². The van der Waals surface area contributed by atoms with E-state index in [0.29, 0.717) is 30.8 Å². The standard InChI is InChI=1S/C22H25ClN4O5S/c1-15-6-7-16(22(28)24-8-4-10-27-11-5-9-25-27)12-21(15)33(29,30)26-18-13-17(23)19(31-2)14-20(18)32-3/h5-7,9,11-14,26H,4,8,10H2,1-3H3,(H,24,28). The fourth-order valence-electron chi connectivity index (χ4n) is 3.15. The van der Waals surface area contributed by atoms with Gasteiger partial charge in [0.1, 0.15) is 11.5 Å². The fraction of sp³-hybridized carbons (Fsp3) is 0.273. The van der Waals surface area contributed by atoms with Crippen LogP contribution >= 0.6 is 11.6 Å². The Kier molecular flexibility index (Phi) is 7.83. The number of halogens is 1. The second-order valence-electron chi connectivity index (χ2n) is 7.15. The number of nitrogens with zero attached hydrogens (tertiary/aromatic N) is 2. The van der Waals surface area contributed by atoms with Crippen LogP contribution in [0.15, 0.2) is 53.7 Å². The van der Waals surface area contributed by atoms with Crippen molar-refractivity contribution in [2.75, 3.05) is 25.5 Å². The van der Waals surface area contributed by atoms with Gasteiger partial charge in [-0.05, 0) is 43.2 Å². The summed E-state index contributed by atoms with van der Waals surface area (Å²) in [6, 6.07) is 9.24. The zero-order chi connectivity index (χ0) is 24.0. The topological polar surface area (TPSA) is 112 Å². The van der Waals surface area contributed by atoms with E-state index in [2.05, 4.69) is 15.1 Å². The van der Waals surface area contributed by atoms with Crippen LogP contribution in [0.1, 0.15) is 22.3 Å². The molecule has 3 rings (SSSR count). The Balaban J connectivity index is 1.76. The minimum absolute atomic E-state index is 0.0271. The van der Waals surface area contributed by atoms with Crippen molar-refractivity contribution in [1.29, 1.82) is 0 Å². The van der Waals surface area contributed by atoms with Crippen molar-refractivity contribution in [2.45, 2.75) is 24.8 Å². The third-order valence-electron chi connectivity index (χ3n) is 4.87. The molecule has 2 N–H and O–H groups in total. The SMILES string of the molecule is COc1cc(OC)c(NS(=O)(=O)c2cc(C(=O)NCCCn3cccn3)ccc2C)cc1Cl. The Bertz CT molecular complexity index is 1230. The number of sulfonamides is 1. The zero-order valence-corrected chi connectivity index (χ0v) is 20.0. The second-order valence-corrected chi connectivity index (χ2v) is 9.21. The number of rotatable bonds is 10. The number of aromatic nitrogens is 2. The number of anilines is 1. The van der Waals surface area contributed by atoms with Crippen molar-refractivity contribution < 1.29 is 22.7 Å². The van der Waals surface area contributed by atoms with E-state index in [0.717, 1.165) is 0 Å². The molecule has 0 atom stereocenters. The minimum atomic E-state index is -4.04. The zero-order valence-electron chi connectivity index (χ0n) is 18.5. The van der Waals surface area contributed by atoms with Crippen LogP contribution in [0, 0.1) is 6.92 Å². The molecule has 0 saturated carbocycles. The minimum Gasteiger partial charge on any atom is -0.495 e. The number of benzene rings is 2. The quantitative estimate of drug-likeness (QED) is 0.419. The fourth-order valence-corrected chi connectivity index (χ4v) is 4.72. The summed E-state index contributed by atoms with van der Waals surface area (Å²) in [4.78, 5) is 12.5. The van der Waals surface area contributed by atoms with Crippen LogP contribution in [0.5, 0.6) is 11.5 Å². The average molecular weight is 493 g/mol. The van der Waals surface area contributed by atoms with Gasteiger partial charge >= 0.3 is 0 Å². The van der Waals surface area contributed by atoms with Crippen LogP contribution < -0.4 is 19.5 Å². The van der Waals surface area contributed by atoms with Crippen molar-refractivity contribution in [2.24, 2.45) is 0 Å². The Morgan fingerprint density at radius 3 is 2.58 bits per heavy atom. The number of carbonyl (C=O) groups excluding carboxylic acids is 1. The highest BCUT2D eigenvalue weighted by Crippen LogP contribution is 2.37. The molecule has 0 spiro atoms. The molecule has 2 aromatic carbocycles. The highest BCUT2D eigenvalue weighted by atomic mass is 35.5. The van der Waals surface area contributed by atoms with Crippen LogP contribution in [-0.4, -0.2) is 44.9 Å². The monoisotopic (exact) mass is 492 g/mol. The van der Waals surface area contributed by atoms with E-state index in [4.69, 9.17) is 21.1 Å². The van der Waals surface area contributed by atoms with E-state index >= 15 is 0 Å². The lowest BCUT2D eigenvalue weighted by atomic mass is 10.1. The Hall–Kier alpha value is -3.24. The van der Waals surface area contributed by atoms with E-state index in [1.54, 1.807) is 29.9 Å². The average Bonchev–Trinajstić information content (AvgIpc) is 3.30. The van der Waals surface area contributed by atoms with E-state index < -0.39 is 10.0 Å². The number of hydrogen-bond donors (Lipinski definition) is 2. The van der Waals surface area contributed by atoms with E-state index in [1.807, 2.05) is 12.3 Å². The number of nitrogens with one attached hydrogen (secondary N) is 2. The lowest BCUT2D eigenvalue weighted by Gasteiger charge is -2.16. The summed E-state index contributed by atoms with van der Waals surface area (Å²) in [6.45, 7) is 2.74. The summed E-state index contributed by atoms with van der Waals surface area (Å²) in [6.07, 6.45) is 4.22. The molecule has 0 aliphatic rings. The van der Waals surface area contributed by atoms with E-state index in [9.17, 15) is 13.2 Å². The van der Waals surface area contributed by atoms with E-state index in [1.165, 1.54) is 32.4 Å². The molecule has 0 aliphatic heterocycles. The third-order valence-corrected chi connectivity index (χ3v) is 6.67.